The zero-order valence-electron chi connectivity index (χ0n) is 18.3. The van der Waals surface area contributed by atoms with E-state index in [9.17, 15) is 4.79 Å². The molecule has 1 amide bonds. The van der Waals surface area contributed by atoms with Crippen LogP contribution >= 0.6 is 0 Å². The molecule has 0 unspecified atom stereocenters. The van der Waals surface area contributed by atoms with Crippen LogP contribution in [-0.4, -0.2) is 27.8 Å². The van der Waals surface area contributed by atoms with E-state index in [1.54, 1.807) is 36.1 Å². The van der Waals surface area contributed by atoms with E-state index in [1.165, 1.54) is 5.56 Å². The monoisotopic (exact) mass is 437 g/mol. The molecule has 3 aromatic carbocycles. The molecular weight excluding hydrogens is 414 g/mol. The first-order chi connectivity index (χ1) is 16.1. The average molecular weight is 438 g/mol. The number of methoxy groups -OCH3 is 1. The highest BCUT2D eigenvalue weighted by molar-refractivity contribution is 6.03. The summed E-state index contributed by atoms with van der Waals surface area (Å²) in [6.07, 6.45) is 2.12. The van der Waals surface area contributed by atoms with Crippen molar-refractivity contribution in [2.75, 3.05) is 17.7 Å². The lowest BCUT2D eigenvalue weighted by atomic mass is 10.0. The molecule has 4 aromatic rings. The molecule has 2 N–H and O–H groups in total. The van der Waals surface area contributed by atoms with Crippen molar-refractivity contribution >= 4 is 23.5 Å². The Morgan fingerprint density at radius 1 is 1.00 bits per heavy atom. The lowest BCUT2D eigenvalue weighted by Crippen LogP contribution is -2.20. The van der Waals surface area contributed by atoms with Crippen molar-refractivity contribution in [3.8, 4) is 5.75 Å². The molecule has 1 aliphatic rings. The van der Waals surface area contributed by atoms with Crippen LogP contribution in [0.15, 0.2) is 84.9 Å². The molecule has 0 aliphatic carbocycles. The third-order valence-corrected chi connectivity index (χ3v) is 5.55. The molecule has 1 aromatic heterocycles. The van der Waals surface area contributed by atoms with Crippen molar-refractivity contribution in [2.45, 2.75) is 13.0 Å². The van der Waals surface area contributed by atoms with Crippen LogP contribution in [0.4, 0.5) is 11.9 Å². The molecule has 5 rings (SSSR count). The molecule has 0 radical (unpaired) electrons. The molecule has 0 fully saturated rings. The van der Waals surface area contributed by atoms with E-state index in [1.807, 2.05) is 30.3 Å². The summed E-state index contributed by atoms with van der Waals surface area (Å²) in [4.78, 5) is 17.3. The van der Waals surface area contributed by atoms with E-state index in [4.69, 9.17) is 4.74 Å². The Hall–Kier alpha value is -4.39. The number of nitrogens with one attached hydrogen (secondary N) is 2. The van der Waals surface area contributed by atoms with Gasteiger partial charge in [-0.2, -0.15) is 4.98 Å². The van der Waals surface area contributed by atoms with Crippen LogP contribution in [0.25, 0.3) is 5.70 Å². The predicted octanol–water partition coefficient (Wildman–Crippen LogP) is 4.90. The number of rotatable bonds is 5. The smallest absolute Gasteiger partial charge is 0.258 e. The first-order valence-electron chi connectivity index (χ1n) is 10.6. The number of aryl methyl sites for hydroxylation is 1. The fraction of sp³-hybridized carbons (Fsp3) is 0.115. The summed E-state index contributed by atoms with van der Waals surface area (Å²) in [6.45, 7) is 2.06. The summed E-state index contributed by atoms with van der Waals surface area (Å²) < 4.78 is 6.95. The molecule has 0 bridgehead atoms. The van der Waals surface area contributed by atoms with Crippen molar-refractivity contribution in [1.82, 2.24) is 14.8 Å². The van der Waals surface area contributed by atoms with Gasteiger partial charge in [0.15, 0.2) is 0 Å². The molecule has 0 spiro atoms. The number of allylic oxidation sites excluding steroid dienone is 1. The van der Waals surface area contributed by atoms with Gasteiger partial charge >= 0.3 is 0 Å². The maximum absolute atomic E-state index is 12.7. The molecule has 7 nitrogen and oxygen atoms in total. The summed E-state index contributed by atoms with van der Waals surface area (Å²) in [5.74, 6) is 1.20. The van der Waals surface area contributed by atoms with Crippen molar-refractivity contribution in [3.63, 3.8) is 0 Å². The number of ether oxygens (including phenoxy) is 1. The van der Waals surface area contributed by atoms with E-state index < -0.39 is 0 Å². The summed E-state index contributed by atoms with van der Waals surface area (Å²) in [7, 11) is 1.59. The predicted molar refractivity (Wildman–Crippen MR) is 128 cm³/mol. The maximum atomic E-state index is 12.7. The van der Waals surface area contributed by atoms with Crippen LogP contribution in [-0.2, 0) is 0 Å². The fourth-order valence-corrected chi connectivity index (χ4v) is 3.75. The molecular formula is C26H23N5O2. The molecule has 1 atom stereocenters. The standard InChI is InChI=1S/C26H23N5O2/c1-17-8-10-19(11-9-17)23-16-22(18-6-4-3-5-7-18)27-26-29-25(30-31(23)26)28-24(32)20-12-14-21(33-2)15-13-20/h3-16,23H,1-2H3,(H2,27,28,29,30,32)/t23-/m0/s1. The molecule has 2 heterocycles. The van der Waals surface area contributed by atoms with E-state index in [2.05, 4.69) is 58.0 Å². The highest BCUT2D eigenvalue weighted by Gasteiger charge is 2.26. The Morgan fingerprint density at radius 2 is 1.73 bits per heavy atom. The number of amides is 1. The van der Waals surface area contributed by atoms with Crippen LogP contribution in [0, 0.1) is 6.92 Å². The number of hydrogen-bond acceptors (Lipinski definition) is 5. The van der Waals surface area contributed by atoms with E-state index in [-0.39, 0.29) is 17.9 Å². The average Bonchev–Trinajstić information content (AvgIpc) is 3.27. The Balaban J connectivity index is 1.47. The quantitative estimate of drug-likeness (QED) is 0.464. The summed E-state index contributed by atoms with van der Waals surface area (Å²) in [5, 5.41) is 10.8. The number of anilines is 2. The first kappa shape index (κ1) is 20.5. The number of carbonyl (C=O) groups is 1. The highest BCUT2D eigenvalue weighted by Crippen LogP contribution is 2.33. The van der Waals surface area contributed by atoms with Crippen molar-refractivity contribution < 1.29 is 9.53 Å². The number of carbonyl (C=O) groups excluding carboxylic acids is 1. The zero-order valence-corrected chi connectivity index (χ0v) is 18.3. The van der Waals surface area contributed by atoms with Gasteiger partial charge in [-0.05, 0) is 48.4 Å². The van der Waals surface area contributed by atoms with Crippen LogP contribution < -0.4 is 15.4 Å². The molecule has 164 valence electrons. The minimum Gasteiger partial charge on any atom is -0.497 e. The van der Waals surface area contributed by atoms with Crippen molar-refractivity contribution in [1.29, 1.82) is 0 Å². The Morgan fingerprint density at radius 3 is 2.42 bits per heavy atom. The van der Waals surface area contributed by atoms with Crippen LogP contribution in [0.2, 0.25) is 0 Å². The SMILES string of the molecule is COc1ccc(C(=O)Nc2nc3n(n2)[C@H](c2ccc(C)cc2)C=C(c2ccccc2)N3)cc1. The number of nitrogens with zero attached hydrogens (tertiary/aromatic N) is 3. The van der Waals surface area contributed by atoms with Crippen LogP contribution in [0.1, 0.15) is 33.1 Å². The van der Waals surface area contributed by atoms with E-state index in [0.29, 0.717) is 17.3 Å². The largest absolute Gasteiger partial charge is 0.497 e. The van der Waals surface area contributed by atoms with Crippen molar-refractivity contribution in [3.05, 3.63) is 107 Å². The summed E-state index contributed by atoms with van der Waals surface area (Å²) in [5.41, 5.74) is 4.75. The molecule has 1 aliphatic heterocycles. The lowest BCUT2D eigenvalue weighted by Gasteiger charge is -2.24. The van der Waals surface area contributed by atoms with Gasteiger partial charge in [0.2, 0.25) is 5.95 Å². The normalized spacial score (nSPS) is 14.6. The molecule has 33 heavy (non-hydrogen) atoms. The zero-order chi connectivity index (χ0) is 22.8. The van der Waals surface area contributed by atoms with Gasteiger partial charge in [0.25, 0.3) is 11.9 Å². The van der Waals surface area contributed by atoms with Gasteiger partial charge in [-0.1, -0.05) is 60.2 Å². The van der Waals surface area contributed by atoms with Gasteiger partial charge in [-0.25, -0.2) is 4.68 Å². The number of hydrogen-bond donors (Lipinski definition) is 2. The second-order valence-electron chi connectivity index (χ2n) is 7.81. The molecule has 0 saturated heterocycles. The Kier molecular flexibility index (Phi) is 5.36. The third-order valence-electron chi connectivity index (χ3n) is 5.55. The van der Waals surface area contributed by atoms with Gasteiger partial charge < -0.3 is 10.1 Å². The Bertz CT molecular complexity index is 1310. The Labute approximate surface area is 191 Å². The highest BCUT2D eigenvalue weighted by atomic mass is 16.5. The van der Waals surface area contributed by atoms with Gasteiger partial charge in [-0.3, -0.25) is 10.1 Å². The maximum Gasteiger partial charge on any atom is 0.258 e. The second kappa shape index (κ2) is 8.63. The van der Waals surface area contributed by atoms with Gasteiger partial charge in [0.05, 0.1) is 7.11 Å². The van der Waals surface area contributed by atoms with Crippen LogP contribution in [0.3, 0.4) is 0 Å². The summed E-state index contributed by atoms with van der Waals surface area (Å²) in [6, 6.07) is 25.1. The molecule has 7 heteroatoms. The van der Waals surface area contributed by atoms with Crippen LogP contribution in [0.5, 0.6) is 5.75 Å². The summed E-state index contributed by atoms with van der Waals surface area (Å²) >= 11 is 0. The molecule has 0 saturated carbocycles. The first-order valence-corrected chi connectivity index (χ1v) is 10.6. The fourth-order valence-electron chi connectivity index (χ4n) is 3.75. The number of fused-ring (bicyclic) bond motifs is 1. The third kappa shape index (κ3) is 4.21. The minimum absolute atomic E-state index is 0.170. The number of aromatic nitrogens is 3. The van der Waals surface area contributed by atoms with E-state index in [0.717, 1.165) is 16.8 Å². The lowest BCUT2D eigenvalue weighted by molar-refractivity contribution is 0.102. The van der Waals surface area contributed by atoms with Gasteiger partial charge in [0, 0.05) is 11.3 Å². The topological polar surface area (TPSA) is 81.1 Å². The van der Waals surface area contributed by atoms with Gasteiger partial charge in [-0.15, -0.1) is 5.10 Å². The minimum atomic E-state index is -0.288. The van der Waals surface area contributed by atoms with Gasteiger partial charge in [0.1, 0.15) is 11.8 Å². The van der Waals surface area contributed by atoms with E-state index >= 15 is 0 Å². The number of benzene rings is 3. The van der Waals surface area contributed by atoms with Crippen molar-refractivity contribution in [2.24, 2.45) is 0 Å². The second-order valence-corrected chi connectivity index (χ2v) is 7.81.